The first-order valence-corrected chi connectivity index (χ1v) is 7.98. The van der Waals surface area contributed by atoms with Crippen LogP contribution < -0.4 is 5.32 Å². The molecule has 7 nitrogen and oxygen atoms in total. The summed E-state index contributed by atoms with van der Waals surface area (Å²) in [4.78, 5) is 17.0. The summed E-state index contributed by atoms with van der Waals surface area (Å²) < 4.78 is 3.34. The molecule has 1 unspecified atom stereocenters. The van der Waals surface area contributed by atoms with Gasteiger partial charge in [0.15, 0.2) is 0 Å². The van der Waals surface area contributed by atoms with E-state index in [1.165, 1.54) is 6.33 Å². The number of hydrogen-bond donors (Lipinski definition) is 1. The van der Waals surface area contributed by atoms with Crippen molar-refractivity contribution in [3.63, 3.8) is 0 Å². The lowest BCUT2D eigenvalue weighted by atomic mass is 10.0. The van der Waals surface area contributed by atoms with Gasteiger partial charge in [-0.1, -0.05) is 27.7 Å². The molecular weight excluding hydrogens is 292 g/mol. The number of aryl methyl sites for hydroxylation is 2. The van der Waals surface area contributed by atoms with Gasteiger partial charge in [-0.05, 0) is 24.3 Å². The fourth-order valence-electron chi connectivity index (χ4n) is 2.54. The zero-order chi connectivity index (χ0) is 17.1. The highest BCUT2D eigenvalue weighted by atomic mass is 16.2. The molecule has 0 bridgehead atoms. The maximum absolute atomic E-state index is 12.7. The molecule has 1 atom stereocenters. The summed E-state index contributed by atoms with van der Waals surface area (Å²) in [6.45, 7) is 8.36. The van der Waals surface area contributed by atoms with Crippen LogP contribution in [0.4, 0.5) is 0 Å². The Morgan fingerprint density at radius 2 is 1.91 bits per heavy atom. The van der Waals surface area contributed by atoms with Crippen molar-refractivity contribution in [3.05, 3.63) is 29.6 Å². The van der Waals surface area contributed by atoms with Crippen LogP contribution in [0.25, 0.3) is 0 Å². The van der Waals surface area contributed by atoms with E-state index < -0.39 is 0 Å². The number of aromatic nitrogens is 5. The smallest absolute Gasteiger partial charge is 0.270 e. The fraction of sp³-hybridized carbons (Fsp3) is 0.625. The number of amides is 1. The van der Waals surface area contributed by atoms with Gasteiger partial charge in [-0.15, -0.1) is 0 Å². The molecule has 0 aliphatic heterocycles. The van der Waals surface area contributed by atoms with Gasteiger partial charge >= 0.3 is 0 Å². The van der Waals surface area contributed by atoms with Crippen LogP contribution in [-0.4, -0.2) is 30.5 Å². The van der Waals surface area contributed by atoms with Crippen molar-refractivity contribution in [3.8, 4) is 0 Å². The van der Waals surface area contributed by atoms with Gasteiger partial charge < -0.3 is 5.32 Å². The second-order valence-electron chi connectivity index (χ2n) is 6.63. The predicted molar refractivity (Wildman–Crippen MR) is 88.0 cm³/mol. The normalized spacial score (nSPS) is 12.9. The Morgan fingerprint density at radius 3 is 2.39 bits per heavy atom. The summed E-state index contributed by atoms with van der Waals surface area (Å²) in [7, 11) is 3.63. The molecule has 0 saturated carbocycles. The number of hydrogen-bond acceptors (Lipinski definition) is 4. The van der Waals surface area contributed by atoms with Crippen molar-refractivity contribution >= 4 is 5.91 Å². The molecular formula is C16H26N6O. The Bertz CT molecular complexity index is 670. The highest BCUT2D eigenvalue weighted by Gasteiger charge is 2.23. The summed E-state index contributed by atoms with van der Waals surface area (Å²) in [6, 6.07) is 1.68. The van der Waals surface area contributed by atoms with Crippen LogP contribution in [0.5, 0.6) is 0 Å². The predicted octanol–water partition coefficient (Wildman–Crippen LogP) is 2.19. The Morgan fingerprint density at radius 1 is 1.22 bits per heavy atom. The maximum Gasteiger partial charge on any atom is 0.270 e. The third-order valence-electron chi connectivity index (χ3n) is 3.79. The van der Waals surface area contributed by atoms with E-state index in [0.29, 0.717) is 11.6 Å². The second-order valence-corrected chi connectivity index (χ2v) is 6.63. The minimum Gasteiger partial charge on any atom is -0.341 e. The molecule has 126 valence electrons. The van der Waals surface area contributed by atoms with E-state index in [1.54, 1.807) is 16.4 Å². The van der Waals surface area contributed by atoms with Gasteiger partial charge in [0.2, 0.25) is 0 Å². The number of nitrogens with one attached hydrogen (secondary N) is 1. The van der Waals surface area contributed by atoms with E-state index in [-0.39, 0.29) is 17.9 Å². The topological polar surface area (TPSA) is 77.6 Å². The standard InChI is InChI=1S/C16H26N6O/c1-10(2)7-13(15-17-9-18-22(15)6)19-16(23)14-8-12(11(3)4)20-21(14)5/h8-11,13H,7H2,1-6H3,(H,19,23). The van der Waals surface area contributed by atoms with Crippen LogP contribution in [0, 0.1) is 5.92 Å². The molecule has 0 aliphatic rings. The molecule has 0 saturated heterocycles. The highest BCUT2D eigenvalue weighted by Crippen LogP contribution is 2.20. The van der Waals surface area contributed by atoms with Gasteiger partial charge in [0.25, 0.3) is 5.91 Å². The molecule has 0 aliphatic carbocycles. The van der Waals surface area contributed by atoms with E-state index in [1.807, 2.05) is 13.1 Å². The van der Waals surface area contributed by atoms with Crippen LogP contribution in [0.2, 0.25) is 0 Å². The van der Waals surface area contributed by atoms with Crippen molar-refractivity contribution in [1.82, 2.24) is 29.9 Å². The van der Waals surface area contributed by atoms with Crippen LogP contribution in [0.15, 0.2) is 12.4 Å². The summed E-state index contributed by atoms with van der Waals surface area (Å²) >= 11 is 0. The zero-order valence-corrected chi connectivity index (χ0v) is 14.7. The molecule has 0 fully saturated rings. The summed E-state index contributed by atoms with van der Waals surface area (Å²) in [5.74, 6) is 1.33. The third kappa shape index (κ3) is 3.97. The Kier molecular flexibility index (Phi) is 5.18. The molecule has 0 aromatic carbocycles. The van der Waals surface area contributed by atoms with Gasteiger partial charge in [-0.2, -0.15) is 10.2 Å². The molecule has 1 N–H and O–H groups in total. The first-order chi connectivity index (χ1) is 10.8. The number of rotatable bonds is 6. The summed E-state index contributed by atoms with van der Waals surface area (Å²) in [5.41, 5.74) is 1.47. The van der Waals surface area contributed by atoms with E-state index in [0.717, 1.165) is 17.9 Å². The number of carbonyl (C=O) groups is 1. The minimum atomic E-state index is -0.174. The molecule has 2 aromatic rings. The van der Waals surface area contributed by atoms with Crippen molar-refractivity contribution in [2.45, 2.75) is 46.1 Å². The number of carbonyl (C=O) groups excluding carboxylic acids is 1. The first kappa shape index (κ1) is 17.2. The largest absolute Gasteiger partial charge is 0.341 e. The van der Waals surface area contributed by atoms with Crippen LogP contribution >= 0.6 is 0 Å². The van der Waals surface area contributed by atoms with E-state index in [9.17, 15) is 4.79 Å². The highest BCUT2D eigenvalue weighted by molar-refractivity contribution is 5.92. The Hall–Kier alpha value is -2.18. The average molecular weight is 318 g/mol. The quantitative estimate of drug-likeness (QED) is 0.885. The van der Waals surface area contributed by atoms with Crippen molar-refractivity contribution < 1.29 is 4.79 Å². The lowest BCUT2D eigenvalue weighted by Crippen LogP contribution is -2.32. The van der Waals surface area contributed by atoms with Crippen LogP contribution in [-0.2, 0) is 14.1 Å². The minimum absolute atomic E-state index is 0.138. The SMILES string of the molecule is CC(C)CC(NC(=O)c1cc(C(C)C)nn1C)c1ncnn1C. The van der Waals surface area contributed by atoms with Gasteiger partial charge in [0.1, 0.15) is 17.8 Å². The van der Waals surface area contributed by atoms with E-state index in [2.05, 4.69) is 48.2 Å². The van der Waals surface area contributed by atoms with Gasteiger partial charge in [0, 0.05) is 14.1 Å². The molecule has 2 rings (SSSR count). The Balaban J connectivity index is 2.22. The van der Waals surface area contributed by atoms with Crippen LogP contribution in [0.3, 0.4) is 0 Å². The van der Waals surface area contributed by atoms with Crippen molar-refractivity contribution in [2.75, 3.05) is 0 Å². The van der Waals surface area contributed by atoms with Gasteiger partial charge in [-0.3, -0.25) is 14.2 Å². The average Bonchev–Trinajstić information content (AvgIpc) is 3.03. The Labute approximate surface area is 137 Å². The fourth-order valence-corrected chi connectivity index (χ4v) is 2.54. The molecule has 2 aromatic heterocycles. The monoisotopic (exact) mass is 318 g/mol. The van der Waals surface area contributed by atoms with Crippen LogP contribution in [0.1, 0.15) is 68.1 Å². The third-order valence-corrected chi connectivity index (χ3v) is 3.79. The molecule has 1 amide bonds. The molecule has 0 radical (unpaired) electrons. The first-order valence-electron chi connectivity index (χ1n) is 7.98. The molecule has 2 heterocycles. The number of nitrogens with zero attached hydrogens (tertiary/aromatic N) is 5. The van der Waals surface area contributed by atoms with Gasteiger partial charge in [0.05, 0.1) is 11.7 Å². The lowest BCUT2D eigenvalue weighted by Gasteiger charge is -2.19. The van der Waals surface area contributed by atoms with Crippen molar-refractivity contribution in [2.24, 2.45) is 20.0 Å². The summed E-state index contributed by atoms with van der Waals surface area (Å²) in [5, 5.41) is 11.6. The molecule has 23 heavy (non-hydrogen) atoms. The summed E-state index contributed by atoms with van der Waals surface area (Å²) in [6.07, 6.45) is 2.31. The van der Waals surface area contributed by atoms with E-state index >= 15 is 0 Å². The molecule has 7 heteroatoms. The maximum atomic E-state index is 12.7. The lowest BCUT2D eigenvalue weighted by molar-refractivity contribution is 0.0919. The molecule has 0 spiro atoms. The van der Waals surface area contributed by atoms with Gasteiger partial charge in [-0.25, -0.2) is 4.98 Å². The zero-order valence-electron chi connectivity index (χ0n) is 14.7. The second kappa shape index (κ2) is 6.93. The van der Waals surface area contributed by atoms with Crippen molar-refractivity contribution in [1.29, 1.82) is 0 Å². The van der Waals surface area contributed by atoms with E-state index in [4.69, 9.17) is 0 Å².